The predicted octanol–water partition coefficient (Wildman–Crippen LogP) is 11.4. The summed E-state index contributed by atoms with van der Waals surface area (Å²) in [6, 6.07) is 49.2. The van der Waals surface area contributed by atoms with Crippen molar-refractivity contribution in [3.05, 3.63) is 156 Å². The Balaban J connectivity index is 1.51. The molecule has 42 heavy (non-hydrogen) atoms. The quantitative estimate of drug-likeness (QED) is 0.202. The Morgan fingerprint density at radius 3 is 0.714 bits per heavy atom. The molecule has 0 atom stereocenters. The lowest BCUT2D eigenvalue weighted by atomic mass is 9.95. The first-order chi connectivity index (χ1) is 20.3. The molecule has 0 aliphatic carbocycles. The van der Waals surface area contributed by atoms with Crippen molar-refractivity contribution in [2.24, 2.45) is 0 Å². The monoisotopic (exact) mass is 543 g/mol. The Morgan fingerprint density at radius 1 is 0.286 bits per heavy atom. The molecule has 0 bridgehead atoms. The van der Waals surface area contributed by atoms with Crippen molar-refractivity contribution < 1.29 is 0 Å². The van der Waals surface area contributed by atoms with Crippen molar-refractivity contribution in [2.75, 3.05) is 11.9 Å². The average Bonchev–Trinajstić information content (AvgIpc) is 3.01. The standard InChI is InChI=1S/C41H37N/c1-28-6-14-32(15-7-28)36-22-37(33-16-8-29(2)9-17-33)25-40(24-36)42(5)41-26-38(34-18-10-30(3)11-19-34)23-39(27-41)35-20-12-31(4)13-21-35/h6-27H,1-5H3. The van der Waals surface area contributed by atoms with E-state index in [9.17, 15) is 0 Å². The summed E-state index contributed by atoms with van der Waals surface area (Å²) in [5.74, 6) is 0. The Kier molecular flexibility index (Phi) is 7.50. The fourth-order valence-electron chi connectivity index (χ4n) is 5.41. The molecule has 6 aromatic rings. The number of aryl methyl sites for hydroxylation is 4. The van der Waals surface area contributed by atoms with Crippen LogP contribution in [0.4, 0.5) is 11.4 Å². The van der Waals surface area contributed by atoms with Gasteiger partial charge in [-0.2, -0.15) is 0 Å². The lowest BCUT2D eigenvalue weighted by Gasteiger charge is -2.24. The normalized spacial score (nSPS) is 11.0. The molecule has 0 aromatic heterocycles. The lowest BCUT2D eigenvalue weighted by molar-refractivity contribution is 1.21. The molecule has 0 saturated carbocycles. The van der Waals surface area contributed by atoms with Gasteiger partial charge in [0.25, 0.3) is 0 Å². The molecule has 206 valence electrons. The SMILES string of the molecule is Cc1ccc(-c2cc(-c3ccc(C)cc3)cc(N(C)c3cc(-c4ccc(C)cc4)cc(-c4ccc(C)cc4)c3)c2)cc1. The molecule has 0 N–H and O–H groups in total. The minimum absolute atomic E-state index is 1.15. The highest BCUT2D eigenvalue weighted by atomic mass is 15.1. The van der Waals surface area contributed by atoms with E-state index in [1.807, 2.05) is 0 Å². The summed E-state index contributed by atoms with van der Waals surface area (Å²) in [4.78, 5) is 2.32. The van der Waals surface area contributed by atoms with Crippen molar-refractivity contribution in [3.8, 4) is 44.5 Å². The van der Waals surface area contributed by atoms with Crippen LogP contribution in [-0.4, -0.2) is 7.05 Å². The van der Waals surface area contributed by atoms with Gasteiger partial charge < -0.3 is 4.90 Å². The van der Waals surface area contributed by atoms with Gasteiger partial charge in [0.1, 0.15) is 0 Å². The van der Waals surface area contributed by atoms with Gasteiger partial charge >= 0.3 is 0 Å². The maximum Gasteiger partial charge on any atom is 0.0420 e. The third-order valence-corrected chi connectivity index (χ3v) is 8.15. The summed E-state index contributed by atoms with van der Waals surface area (Å²) < 4.78 is 0. The molecule has 0 aliphatic rings. The van der Waals surface area contributed by atoms with E-state index in [4.69, 9.17) is 0 Å². The van der Waals surface area contributed by atoms with Crippen LogP contribution in [0.3, 0.4) is 0 Å². The zero-order valence-electron chi connectivity index (χ0n) is 25.1. The third-order valence-electron chi connectivity index (χ3n) is 8.15. The third kappa shape index (κ3) is 5.92. The van der Waals surface area contributed by atoms with E-state index in [1.165, 1.54) is 66.8 Å². The first-order valence-electron chi connectivity index (χ1n) is 14.6. The van der Waals surface area contributed by atoms with Crippen LogP contribution < -0.4 is 4.90 Å². The molecule has 0 saturated heterocycles. The van der Waals surface area contributed by atoms with Crippen LogP contribution in [0.15, 0.2) is 133 Å². The second-order valence-corrected chi connectivity index (χ2v) is 11.6. The molecule has 0 amide bonds. The van der Waals surface area contributed by atoms with E-state index in [-0.39, 0.29) is 0 Å². The molecule has 0 aliphatic heterocycles. The first-order valence-corrected chi connectivity index (χ1v) is 14.6. The number of rotatable bonds is 6. The van der Waals surface area contributed by atoms with Gasteiger partial charge in [0.15, 0.2) is 0 Å². The van der Waals surface area contributed by atoms with Crippen LogP contribution in [0, 0.1) is 27.7 Å². The van der Waals surface area contributed by atoms with Crippen molar-refractivity contribution in [3.63, 3.8) is 0 Å². The largest absolute Gasteiger partial charge is 0.345 e. The molecule has 0 fully saturated rings. The highest BCUT2D eigenvalue weighted by molar-refractivity contribution is 5.84. The maximum absolute atomic E-state index is 2.32. The Morgan fingerprint density at radius 2 is 0.500 bits per heavy atom. The van der Waals surface area contributed by atoms with E-state index in [1.54, 1.807) is 0 Å². The topological polar surface area (TPSA) is 3.24 Å². The minimum atomic E-state index is 1.15. The van der Waals surface area contributed by atoms with Gasteiger partial charge in [-0.25, -0.2) is 0 Å². The van der Waals surface area contributed by atoms with Gasteiger partial charge in [0.2, 0.25) is 0 Å². The van der Waals surface area contributed by atoms with Crippen LogP contribution in [-0.2, 0) is 0 Å². The van der Waals surface area contributed by atoms with Gasteiger partial charge in [-0.3, -0.25) is 0 Å². The van der Waals surface area contributed by atoms with Gasteiger partial charge in [-0.05, 0) is 109 Å². The molecule has 0 spiro atoms. The summed E-state index contributed by atoms with van der Waals surface area (Å²) in [5, 5.41) is 0. The number of anilines is 2. The van der Waals surface area contributed by atoms with Crippen LogP contribution in [0.5, 0.6) is 0 Å². The minimum Gasteiger partial charge on any atom is -0.345 e. The first kappa shape index (κ1) is 27.3. The summed E-state index contributed by atoms with van der Waals surface area (Å²) in [6.45, 7) is 8.55. The predicted molar refractivity (Wildman–Crippen MR) is 182 cm³/mol. The smallest absolute Gasteiger partial charge is 0.0420 e. The van der Waals surface area contributed by atoms with E-state index in [0.29, 0.717) is 0 Å². The van der Waals surface area contributed by atoms with Gasteiger partial charge in [0, 0.05) is 18.4 Å². The highest BCUT2D eigenvalue weighted by Crippen LogP contribution is 2.38. The molecule has 6 rings (SSSR count). The maximum atomic E-state index is 2.32. The highest BCUT2D eigenvalue weighted by Gasteiger charge is 2.14. The fraction of sp³-hybridized carbons (Fsp3) is 0.122. The van der Waals surface area contributed by atoms with Crippen molar-refractivity contribution >= 4 is 11.4 Å². The summed E-state index contributed by atoms with van der Waals surface area (Å²) in [6.07, 6.45) is 0. The van der Waals surface area contributed by atoms with E-state index >= 15 is 0 Å². The van der Waals surface area contributed by atoms with Crippen molar-refractivity contribution in [2.45, 2.75) is 27.7 Å². The molecule has 0 unspecified atom stereocenters. The zero-order valence-corrected chi connectivity index (χ0v) is 25.1. The average molecular weight is 544 g/mol. The van der Waals surface area contributed by atoms with E-state index < -0.39 is 0 Å². The van der Waals surface area contributed by atoms with E-state index in [0.717, 1.165) is 11.4 Å². The van der Waals surface area contributed by atoms with E-state index in [2.05, 4.69) is 173 Å². The van der Waals surface area contributed by atoms with Crippen LogP contribution in [0.1, 0.15) is 22.3 Å². The van der Waals surface area contributed by atoms with Crippen molar-refractivity contribution in [1.82, 2.24) is 0 Å². The molecule has 1 heteroatoms. The summed E-state index contributed by atoms with van der Waals surface area (Å²) >= 11 is 0. The molecular weight excluding hydrogens is 506 g/mol. The van der Waals surface area contributed by atoms with Gasteiger partial charge in [0.05, 0.1) is 0 Å². The number of hydrogen-bond acceptors (Lipinski definition) is 1. The van der Waals surface area contributed by atoms with Crippen molar-refractivity contribution in [1.29, 1.82) is 0 Å². The molecule has 0 heterocycles. The lowest BCUT2D eigenvalue weighted by Crippen LogP contribution is -2.10. The molecule has 1 nitrogen and oxygen atoms in total. The Labute approximate surface area is 250 Å². The Bertz CT molecular complexity index is 1560. The van der Waals surface area contributed by atoms with Crippen LogP contribution in [0.2, 0.25) is 0 Å². The zero-order chi connectivity index (χ0) is 29.2. The van der Waals surface area contributed by atoms with Gasteiger partial charge in [-0.15, -0.1) is 0 Å². The molecule has 0 radical (unpaired) electrons. The summed E-state index contributed by atoms with van der Waals surface area (Å²) in [5.41, 5.74) is 17.1. The van der Waals surface area contributed by atoms with Crippen LogP contribution in [0.25, 0.3) is 44.5 Å². The van der Waals surface area contributed by atoms with Gasteiger partial charge in [-0.1, -0.05) is 119 Å². The molecule has 6 aromatic carbocycles. The molecular formula is C41H37N. The second kappa shape index (κ2) is 11.5. The second-order valence-electron chi connectivity index (χ2n) is 11.6. The number of benzene rings is 6. The number of hydrogen-bond donors (Lipinski definition) is 0. The van der Waals surface area contributed by atoms with Crippen LogP contribution >= 0.6 is 0 Å². The Hall–Kier alpha value is -4.88. The fourth-order valence-corrected chi connectivity index (χ4v) is 5.41. The number of nitrogens with zero attached hydrogens (tertiary/aromatic N) is 1. The summed E-state index contributed by atoms with van der Waals surface area (Å²) in [7, 11) is 2.18.